The maximum atomic E-state index is 5.75. The molecule has 20 heavy (non-hydrogen) atoms. The molecular weight excluding hydrogens is 318 g/mol. The summed E-state index contributed by atoms with van der Waals surface area (Å²) in [7, 11) is 0. The van der Waals surface area contributed by atoms with E-state index in [4.69, 9.17) is 10.3 Å². The maximum absolute atomic E-state index is 5.75. The fraction of sp³-hybridized carbons (Fsp3) is 0.0667. The van der Waals surface area contributed by atoms with E-state index in [1.165, 1.54) is 0 Å². The van der Waals surface area contributed by atoms with Crippen LogP contribution in [0.4, 0.5) is 5.69 Å². The van der Waals surface area contributed by atoms with Crippen molar-refractivity contribution in [3.63, 3.8) is 0 Å². The van der Waals surface area contributed by atoms with Gasteiger partial charge in [-0.25, -0.2) is 0 Å². The third-order valence-electron chi connectivity index (χ3n) is 2.99. The lowest BCUT2D eigenvalue weighted by atomic mass is 10.1. The molecule has 0 unspecified atom stereocenters. The number of rotatable bonds is 2. The Kier molecular flexibility index (Phi) is 3.28. The van der Waals surface area contributed by atoms with Crippen LogP contribution in [0.15, 0.2) is 51.5 Å². The average molecular weight is 330 g/mol. The van der Waals surface area contributed by atoms with Gasteiger partial charge in [-0.05, 0) is 42.8 Å². The number of halogens is 1. The van der Waals surface area contributed by atoms with E-state index >= 15 is 0 Å². The minimum atomic E-state index is 0.498. The van der Waals surface area contributed by atoms with Crippen molar-refractivity contribution in [2.45, 2.75) is 6.92 Å². The van der Waals surface area contributed by atoms with Gasteiger partial charge in [0.05, 0.1) is 0 Å². The van der Waals surface area contributed by atoms with Crippen molar-refractivity contribution in [2.75, 3.05) is 5.73 Å². The number of nitrogens with zero attached hydrogens (tertiary/aromatic N) is 2. The van der Waals surface area contributed by atoms with Gasteiger partial charge in [0.15, 0.2) is 0 Å². The molecule has 0 fully saturated rings. The number of benzene rings is 2. The van der Waals surface area contributed by atoms with Crippen LogP contribution < -0.4 is 5.73 Å². The number of hydrogen-bond donors (Lipinski definition) is 1. The highest BCUT2D eigenvalue weighted by Gasteiger charge is 2.12. The van der Waals surface area contributed by atoms with E-state index in [-0.39, 0.29) is 0 Å². The third-order valence-corrected chi connectivity index (χ3v) is 3.48. The maximum Gasteiger partial charge on any atom is 0.258 e. The van der Waals surface area contributed by atoms with Crippen LogP contribution in [0.3, 0.4) is 0 Å². The summed E-state index contributed by atoms with van der Waals surface area (Å²) < 4.78 is 6.33. The first-order valence-corrected chi connectivity index (χ1v) is 6.89. The lowest BCUT2D eigenvalue weighted by Crippen LogP contribution is -1.88. The van der Waals surface area contributed by atoms with Gasteiger partial charge in [-0.1, -0.05) is 33.2 Å². The van der Waals surface area contributed by atoms with Gasteiger partial charge in [-0.3, -0.25) is 0 Å². The van der Waals surface area contributed by atoms with Crippen molar-refractivity contribution in [2.24, 2.45) is 0 Å². The normalized spacial score (nSPS) is 10.7. The molecule has 3 aromatic rings. The SMILES string of the molecule is Cc1cc(N)ccc1-c1nc(-c2cccc(Br)c2)no1. The van der Waals surface area contributed by atoms with Crippen LogP contribution in [0.25, 0.3) is 22.8 Å². The van der Waals surface area contributed by atoms with Gasteiger partial charge in [0.2, 0.25) is 5.82 Å². The van der Waals surface area contributed by atoms with E-state index < -0.39 is 0 Å². The highest BCUT2D eigenvalue weighted by atomic mass is 79.9. The van der Waals surface area contributed by atoms with Crippen LogP contribution in [-0.2, 0) is 0 Å². The number of aromatic nitrogens is 2. The molecule has 0 aliphatic rings. The lowest BCUT2D eigenvalue weighted by molar-refractivity contribution is 0.432. The van der Waals surface area contributed by atoms with Crippen LogP contribution >= 0.6 is 15.9 Å². The van der Waals surface area contributed by atoms with Crippen LogP contribution in [0, 0.1) is 6.92 Å². The molecule has 0 aliphatic carbocycles. The highest BCUT2D eigenvalue weighted by molar-refractivity contribution is 9.10. The standard InChI is InChI=1S/C15H12BrN3O/c1-9-7-12(17)5-6-13(9)15-18-14(19-20-15)10-3-2-4-11(16)8-10/h2-8H,17H2,1H3. The van der Waals surface area contributed by atoms with Gasteiger partial charge in [-0.15, -0.1) is 0 Å². The molecule has 1 heterocycles. The van der Waals surface area contributed by atoms with E-state index in [0.717, 1.165) is 26.9 Å². The van der Waals surface area contributed by atoms with Crippen LogP contribution in [0.1, 0.15) is 5.56 Å². The molecule has 1 aromatic heterocycles. The van der Waals surface area contributed by atoms with Crippen LogP contribution in [0.5, 0.6) is 0 Å². The fourth-order valence-corrected chi connectivity index (χ4v) is 2.40. The molecule has 0 saturated heterocycles. The topological polar surface area (TPSA) is 64.9 Å². The summed E-state index contributed by atoms with van der Waals surface area (Å²) >= 11 is 3.43. The van der Waals surface area contributed by atoms with Gasteiger partial charge >= 0.3 is 0 Å². The second kappa shape index (κ2) is 5.09. The number of hydrogen-bond acceptors (Lipinski definition) is 4. The van der Waals surface area contributed by atoms with E-state index in [1.54, 1.807) is 0 Å². The van der Waals surface area contributed by atoms with E-state index in [9.17, 15) is 0 Å². The number of nitrogen functional groups attached to an aromatic ring is 1. The van der Waals surface area contributed by atoms with Crippen molar-refractivity contribution >= 4 is 21.6 Å². The molecule has 3 rings (SSSR count). The first-order valence-electron chi connectivity index (χ1n) is 6.09. The Morgan fingerprint density at radius 3 is 2.75 bits per heavy atom. The lowest BCUT2D eigenvalue weighted by Gasteiger charge is -2.01. The molecule has 5 heteroatoms. The summed E-state index contributed by atoms with van der Waals surface area (Å²) in [5.74, 6) is 1.06. The minimum absolute atomic E-state index is 0.498. The molecule has 0 spiro atoms. The molecule has 0 radical (unpaired) electrons. The summed E-state index contributed by atoms with van der Waals surface area (Å²) in [4.78, 5) is 4.44. The van der Waals surface area contributed by atoms with E-state index in [2.05, 4.69) is 26.1 Å². The van der Waals surface area contributed by atoms with Crippen LogP contribution in [0.2, 0.25) is 0 Å². The quantitative estimate of drug-likeness (QED) is 0.720. The molecular formula is C15H12BrN3O. The zero-order valence-corrected chi connectivity index (χ0v) is 12.4. The van der Waals surface area contributed by atoms with Crippen molar-refractivity contribution in [1.82, 2.24) is 10.1 Å². The first kappa shape index (κ1) is 12.9. The number of aryl methyl sites for hydroxylation is 1. The predicted molar refractivity (Wildman–Crippen MR) is 82.0 cm³/mol. The third kappa shape index (κ3) is 2.44. The largest absolute Gasteiger partial charge is 0.399 e. The Hall–Kier alpha value is -2.14. The summed E-state index contributed by atoms with van der Waals surface area (Å²) in [6.45, 7) is 1.97. The Labute approximate surface area is 124 Å². The highest BCUT2D eigenvalue weighted by Crippen LogP contribution is 2.27. The summed E-state index contributed by atoms with van der Waals surface area (Å²) in [5.41, 5.74) is 9.28. The Bertz CT molecular complexity index is 767. The Morgan fingerprint density at radius 2 is 2.00 bits per heavy atom. The molecule has 0 bridgehead atoms. The predicted octanol–water partition coefficient (Wildman–Crippen LogP) is 4.06. The van der Waals surface area contributed by atoms with Gasteiger partial charge in [0, 0.05) is 21.3 Å². The Morgan fingerprint density at radius 1 is 1.15 bits per heavy atom. The molecule has 0 saturated carbocycles. The first-order chi connectivity index (χ1) is 9.63. The van der Waals surface area contributed by atoms with Gasteiger partial charge in [0.1, 0.15) is 0 Å². The van der Waals surface area contributed by atoms with Gasteiger partial charge in [0.25, 0.3) is 5.89 Å². The molecule has 0 amide bonds. The van der Waals surface area contributed by atoms with E-state index in [1.807, 2.05) is 49.4 Å². The van der Waals surface area contributed by atoms with Gasteiger partial charge in [-0.2, -0.15) is 4.98 Å². The summed E-state index contributed by atoms with van der Waals surface area (Å²) in [5, 5.41) is 4.03. The minimum Gasteiger partial charge on any atom is -0.399 e. The van der Waals surface area contributed by atoms with Gasteiger partial charge < -0.3 is 10.3 Å². The van der Waals surface area contributed by atoms with Crippen molar-refractivity contribution in [1.29, 1.82) is 0 Å². The second-order valence-electron chi connectivity index (χ2n) is 4.51. The zero-order chi connectivity index (χ0) is 14.1. The zero-order valence-electron chi connectivity index (χ0n) is 10.8. The Balaban J connectivity index is 2.02. The van der Waals surface area contributed by atoms with Crippen molar-refractivity contribution < 1.29 is 4.52 Å². The van der Waals surface area contributed by atoms with Crippen molar-refractivity contribution in [3.05, 3.63) is 52.5 Å². The second-order valence-corrected chi connectivity index (χ2v) is 5.42. The molecule has 0 aliphatic heterocycles. The van der Waals surface area contributed by atoms with Crippen molar-refractivity contribution in [3.8, 4) is 22.8 Å². The molecule has 100 valence electrons. The molecule has 2 aromatic carbocycles. The van der Waals surface area contributed by atoms with E-state index in [0.29, 0.717) is 11.7 Å². The van der Waals surface area contributed by atoms with Crippen LogP contribution in [-0.4, -0.2) is 10.1 Å². The number of anilines is 1. The summed E-state index contributed by atoms with van der Waals surface area (Å²) in [6.07, 6.45) is 0. The molecule has 2 N–H and O–H groups in total. The average Bonchev–Trinajstić information content (AvgIpc) is 2.88. The fourth-order valence-electron chi connectivity index (χ4n) is 2.00. The molecule has 4 nitrogen and oxygen atoms in total. The smallest absolute Gasteiger partial charge is 0.258 e. The molecule has 0 atom stereocenters. The summed E-state index contributed by atoms with van der Waals surface area (Å²) in [6, 6.07) is 13.4. The number of nitrogens with two attached hydrogens (primary N) is 1. The monoisotopic (exact) mass is 329 g/mol.